The molecule has 5 rings (SSSR count). The predicted octanol–water partition coefficient (Wildman–Crippen LogP) is 4.71. The summed E-state index contributed by atoms with van der Waals surface area (Å²) in [7, 11) is 2.30. The van der Waals surface area contributed by atoms with Gasteiger partial charge in [-0.25, -0.2) is 0 Å². The van der Waals surface area contributed by atoms with Gasteiger partial charge in [0.1, 0.15) is 0 Å². The van der Waals surface area contributed by atoms with Crippen molar-refractivity contribution < 1.29 is 0 Å². The van der Waals surface area contributed by atoms with Crippen LogP contribution in [0, 0.1) is 17.8 Å². The standard InChI is InChI=1S/C22H30N2/c1-15-7-6-8-16-14-24-12-11-18-17-9-4-5-10-20(17)23(3)21(18)22(24,2)13-19(15)16/h4-5,9-10,15-16,19H,6-8,11-14H2,1-3H3/t15-,16?,19?,22-/m0/s1. The third kappa shape index (κ3) is 1.87. The number of aryl methyl sites for hydroxylation is 1. The molecule has 0 radical (unpaired) electrons. The Balaban J connectivity index is 1.66. The lowest BCUT2D eigenvalue weighted by atomic mass is 9.63. The first kappa shape index (κ1) is 15.0. The van der Waals surface area contributed by atoms with Crippen molar-refractivity contribution in [3.05, 3.63) is 35.5 Å². The Bertz CT molecular complexity index is 789. The van der Waals surface area contributed by atoms with Gasteiger partial charge in [-0.1, -0.05) is 38.0 Å². The molecule has 2 nitrogen and oxygen atoms in total. The molecule has 24 heavy (non-hydrogen) atoms. The SMILES string of the molecule is C[C@H]1CCCC2CN3CCc4c(n(C)c5ccccc45)[C@]3(C)CC21. The molecule has 2 aliphatic heterocycles. The van der Waals surface area contributed by atoms with E-state index in [4.69, 9.17) is 0 Å². The van der Waals surface area contributed by atoms with Crippen LogP contribution in [0.1, 0.15) is 50.8 Å². The number of hydrogen-bond donors (Lipinski definition) is 0. The maximum atomic E-state index is 2.84. The predicted molar refractivity (Wildman–Crippen MR) is 100 cm³/mol. The van der Waals surface area contributed by atoms with Gasteiger partial charge >= 0.3 is 0 Å². The fourth-order valence-electron chi connectivity index (χ4n) is 6.50. The number of rotatable bonds is 0. The lowest BCUT2D eigenvalue weighted by Gasteiger charge is -2.56. The highest BCUT2D eigenvalue weighted by molar-refractivity contribution is 5.86. The number of nitrogens with zero attached hydrogens (tertiary/aromatic N) is 2. The molecule has 0 amide bonds. The summed E-state index contributed by atoms with van der Waals surface area (Å²) in [5.41, 5.74) is 4.90. The molecule has 0 N–H and O–H groups in total. The second kappa shape index (κ2) is 5.11. The van der Waals surface area contributed by atoms with E-state index in [-0.39, 0.29) is 5.54 Å². The Morgan fingerprint density at radius 3 is 2.88 bits per heavy atom. The molecule has 3 heterocycles. The molecule has 2 aromatic rings. The summed E-state index contributed by atoms with van der Waals surface area (Å²) < 4.78 is 2.52. The van der Waals surface area contributed by atoms with Crippen LogP contribution < -0.4 is 0 Å². The number of aromatic nitrogens is 1. The van der Waals surface area contributed by atoms with E-state index in [9.17, 15) is 0 Å². The summed E-state index contributed by atoms with van der Waals surface area (Å²) in [6, 6.07) is 9.03. The Labute approximate surface area is 145 Å². The van der Waals surface area contributed by atoms with Crippen LogP contribution in [0.25, 0.3) is 10.9 Å². The van der Waals surface area contributed by atoms with E-state index in [1.54, 1.807) is 11.3 Å². The largest absolute Gasteiger partial charge is 0.346 e. The summed E-state index contributed by atoms with van der Waals surface area (Å²) in [6.07, 6.45) is 6.93. The fourth-order valence-corrected chi connectivity index (χ4v) is 6.50. The molecular weight excluding hydrogens is 292 g/mol. The first-order valence-corrected chi connectivity index (χ1v) is 9.91. The lowest BCUT2D eigenvalue weighted by Crippen LogP contribution is -2.58. The number of fused-ring (bicyclic) bond motifs is 6. The zero-order valence-corrected chi connectivity index (χ0v) is 15.4. The highest BCUT2D eigenvalue weighted by Gasteiger charge is 2.50. The number of para-hydroxylation sites is 1. The maximum absolute atomic E-state index is 2.84. The van der Waals surface area contributed by atoms with Gasteiger partial charge in [-0.2, -0.15) is 0 Å². The van der Waals surface area contributed by atoms with E-state index in [1.165, 1.54) is 56.1 Å². The van der Waals surface area contributed by atoms with Crippen LogP contribution in [0.5, 0.6) is 0 Å². The number of benzene rings is 1. The Kier molecular flexibility index (Phi) is 3.20. The van der Waals surface area contributed by atoms with E-state index in [1.807, 2.05) is 0 Å². The minimum absolute atomic E-state index is 0.230. The van der Waals surface area contributed by atoms with Crippen molar-refractivity contribution >= 4 is 10.9 Å². The van der Waals surface area contributed by atoms with Gasteiger partial charge in [-0.05, 0) is 55.6 Å². The average molecular weight is 322 g/mol. The van der Waals surface area contributed by atoms with E-state index >= 15 is 0 Å². The fraction of sp³-hybridized carbons (Fsp3) is 0.636. The van der Waals surface area contributed by atoms with E-state index in [0.717, 1.165) is 17.8 Å². The minimum Gasteiger partial charge on any atom is -0.346 e. The van der Waals surface area contributed by atoms with Gasteiger partial charge in [0.05, 0.1) is 5.54 Å². The highest BCUT2D eigenvalue weighted by Crippen LogP contribution is 2.52. The molecule has 1 aromatic heterocycles. The molecule has 1 saturated carbocycles. The Hall–Kier alpha value is -1.28. The van der Waals surface area contributed by atoms with Gasteiger partial charge < -0.3 is 4.57 Å². The van der Waals surface area contributed by atoms with Crippen LogP contribution in [-0.2, 0) is 19.0 Å². The lowest BCUT2D eigenvalue weighted by molar-refractivity contribution is -0.0501. The maximum Gasteiger partial charge on any atom is 0.0591 e. The summed E-state index contributed by atoms with van der Waals surface area (Å²) in [4.78, 5) is 2.84. The number of hydrogen-bond acceptors (Lipinski definition) is 1. The molecule has 1 aromatic carbocycles. The van der Waals surface area contributed by atoms with Gasteiger partial charge in [0, 0.05) is 36.7 Å². The zero-order chi connectivity index (χ0) is 16.5. The highest BCUT2D eigenvalue weighted by atomic mass is 15.2. The smallest absolute Gasteiger partial charge is 0.0591 e. The molecule has 4 atom stereocenters. The molecule has 2 unspecified atom stereocenters. The summed E-state index contributed by atoms with van der Waals surface area (Å²) in [5.74, 6) is 2.77. The van der Waals surface area contributed by atoms with E-state index in [0.29, 0.717) is 0 Å². The van der Waals surface area contributed by atoms with Gasteiger partial charge in [0.2, 0.25) is 0 Å². The van der Waals surface area contributed by atoms with Crippen molar-refractivity contribution in [3.63, 3.8) is 0 Å². The van der Waals surface area contributed by atoms with Gasteiger partial charge in [0.15, 0.2) is 0 Å². The van der Waals surface area contributed by atoms with Crippen molar-refractivity contribution in [1.29, 1.82) is 0 Å². The monoisotopic (exact) mass is 322 g/mol. The molecule has 2 heteroatoms. The molecule has 1 aliphatic carbocycles. The third-order valence-corrected chi connectivity index (χ3v) is 7.71. The molecule has 2 fully saturated rings. The second-order valence-corrected chi connectivity index (χ2v) is 8.91. The second-order valence-electron chi connectivity index (χ2n) is 8.91. The molecule has 0 spiro atoms. The van der Waals surface area contributed by atoms with Gasteiger partial charge in [-0.3, -0.25) is 4.90 Å². The zero-order valence-electron chi connectivity index (χ0n) is 15.4. The normalized spacial score (nSPS) is 36.2. The van der Waals surface area contributed by atoms with E-state index in [2.05, 4.69) is 54.6 Å². The summed E-state index contributed by atoms with van der Waals surface area (Å²) in [5, 5.41) is 1.50. The topological polar surface area (TPSA) is 8.17 Å². The van der Waals surface area contributed by atoms with Crippen molar-refractivity contribution in [3.8, 4) is 0 Å². The molecule has 0 bridgehead atoms. The van der Waals surface area contributed by atoms with Crippen molar-refractivity contribution in [2.75, 3.05) is 13.1 Å². The Morgan fingerprint density at radius 1 is 1.17 bits per heavy atom. The van der Waals surface area contributed by atoms with Gasteiger partial charge in [-0.15, -0.1) is 0 Å². The minimum atomic E-state index is 0.230. The van der Waals surface area contributed by atoms with Crippen LogP contribution in [0.4, 0.5) is 0 Å². The van der Waals surface area contributed by atoms with Crippen LogP contribution in [-0.4, -0.2) is 22.6 Å². The molecular formula is C22H30N2. The first-order valence-electron chi connectivity index (χ1n) is 9.91. The summed E-state index contributed by atoms with van der Waals surface area (Å²) >= 11 is 0. The number of piperidine rings is 1. The van der Waals surface area contributed by atoms with Crippen molar-refractivity contribution in [2.24, 2.45) is 24.8 Å². The van der Waals surface area contributed by atoms with Crippen LogP contribution >= 0.6 is 0 Å². The van der Waals surface area contributed by atoms with Crippen LogP contribution in [0.15, 0.2) is 24.3 Å². The van der Waals surface area contributed by atoms with Gasteiger partial charge in [0.25, 0.3) is 0 Å². The van der Waals surface area contributed by atoms with Crippen LogP contribution in [0.3, 0.4) is 0 Å². The van der Waals surface area contributed by atoms with E-state index < -0.39 is 0 Å². The quantitative estimate of drug-likeness (QED) is 0.682. The third-order valence-electron chi connectivity index (χ3n) is 7.71. The molecule has 1 saturated heterocycles. The molecule has 128 valence electrons. The van der Waals surface area contributed by atoms with Crippen molar-refractivity contribution in [1.82, 2.24) is 9.47 Å². The van der Waals surface area contributed by atoms with Crippen molar-refractivity contribution in [2.45, 2.75) is 51.5 Å². The average Bonchev–Trinajstić information content (AvgIpc) is 2.88. The first-order chi connectivity index (χ1) is 11.6. The van der Waals surface area contributed by atoms with Crippen LogP contribution in [0.2, 0.25) is 0 Å². The Morgan fingerprint density at radius 2 is 2.00 bits per heavy atom. The molecule has 3 aliphatic rings. The summed E-state index contributed by atoms with van der Waals surface area (Å²) in [6.45, 7) is 7.63.